The summed E-state index contributed by atoms with van der Waals surface area (Å²) in [6, 6.07) is 5.11. The molecule has 1 nitrogen and oxygen atoms in total. The van der Waals surface area contributed by atoms with Gasteiger partial charge in [0.1, 0.15) is 5.82 Å². The van der Waals surface area contributed by atoms with Crippen molar-refractivity contribution in [3.05, 3.63) is 35.1 Å². The summed E-state index contributed by atoms with van der Waals surface area (Å²) in [5.41, 5.74) is 2.45. The van der Waals surface area contributed by atoms with Crippen LogP contribution < -0.4 is 5.32 Å². The third kappa shape index (κ3) is 1.59. The highest BCUT2D eigenvalue weighted by Crippen LogP contribution is 2.26. The number of halogens is 1. The molecule has 2 rings (SSSR count). The number of benzene rings is 1. The Morgan fingerprint density at radius 1 is 1.54 bits per heavy atom. The molecule has 0 saturated carbocycles. The van der Waals surface area contributed by atoms with Crippen LogP contribution in [-0.4, -0.2) is 6.54 Å². The van der Waals surface area contributed by atoms with Crippen LogP contribution in [0.2, 0.25) is 0 Å². The Labute approximate surface area is 78.0 Å². The summed E-state index contributed by atoms with van der Waals surface area (Å²) in [5.74, 6) is 0.374. The Morgan fingerprint density at radius 3 is 3.15 bits per heavy atom. The standard InChI is InChI=1S/C11H14FN/c1-2-8-6-13-7-9-3-4-10(12)5-11(8)9/h3-5,8,13H,2,6-7H2,1H3/t8-/m0/s1. The SMILES string of the molecule is CC[C@H]1CNCc2ccc(F)cc21. The van der Waals surface area contributed by atoms with E-state index in [1.807, 2.05) is 6.07 Å². The molecule has 0 radical (unpaired) electrons. The van der Waals surface area contributed by atoms with Gasteiger partial charge < -0.3 is 5.32 Å². The Balaban J connectivity index is 2.41. The van der Waals surface area contributed by atoms with Gasteiger partial charge in [-0.1, -0.05) is 13.0 Å². The molecule has 1 aromatic carbocycles. The lowest BCUT2D eigenvalue weighted by Crippen LogP contribution is -2.27. The van der Waals surface area contributed by atoms with E-state index in [9.17, 15) is 4.39 Å². The number of fused-ring (bicyclic) bond motifs is 1. The van der Waals surface area contributed by atoms with Crippen molar-refractivity contribution in [3.8, 4) is 0 Å². The minimum atomic E-state index is -0.112. The van der Waals surface area contributed by atoms with Crippen LogP contribution in [0.25, 0.3) is 0 Å². The maximum atomic E-state index is 13.0. The van der Waals surface area contributed by atoms with E-state index in [-0.39, 0.29) is 5.82 Å². The molecule has 0 amide bonds. The molecule has 0 fully saturated rings. The minimum absolute atomic E-state index is 0.112. The highest BCUT2D eigenvalue weighted by Gasteiger charge is 2.18. The van der Waals surface area contributed by atoms with Crippen LogP contribution in [0.3, 0.4) is 0 Å². The molecule has 0 spiro atoms. The molecule has 13 heavy (non-hydrogen) atoms. The first-order chi connectivity index (χ1) is 6.31. The zero-order valence-electron chi connectivity index (χ0n) is 7.81. The average Bonchev–Trinajstić information content (AvgIpc) is 2.17. The third-order valence-corrected chi connectivity index (χ3v) is 2.75. The van der Waals surface area contributed by atoms with Gasteiger partial charge in [0.05, 0.1) is 0 Å². The van der Waals surface area contributed by atoms with Gasteiger partial charge in [0.15, 0.2) is 0 Å². The zero-order chi connectivity index (χ0) is 9.26. The van der Waals surface area contributed by atoms with E-state index in [2.05, 4.69) is 12.2 Å². The van der Waals surface area contributed by atoms with E-state index in [0.717, 1.165) is 19.5 Å². The predicted molar refractivity (Wildman–Crippen MR) is 51.1 cm³/mol. The highest BCUT2D eigenvalue weighted by molar-refractivity contribution is 5.33. The Hall–Kier alpha value is -0.890. The fourth-order valence-electron chi connectivity index (χ4n) is 1.96. The highest BCUT2D eigenvalue weighted by atomic mass is 19.1. The molecule has 0 aliphatic carbocycles. The van der Waals surface area contributed by atoms with Crippen molar-refractivity contribution in [1.29, 1.82) is 0 Å². The second-order valence-electron chi connectivity index (χ2n) is 3.58. The van der Waals surface area contributed by atoms with Gasteiger partial charge in [-0.3, -0.25) is 0 Å². The molecule has 0 bridgehead atoms. The molecular formula is C11H14FN. The molecule has 1 aliphatic heterocycles. The van der Waals surface area contributed by atoms with Crippen molar-refractivity contribution in [2.45, 2.75) is 25.8 Å². The molecule has 70 valence electrons. The molecule has 0 saturated heterocycles. The van der Waals surface area contributed by atoms with Crippen molar-refractivity contribution in [2.75, 3.05) is 6.54 Å². The fraction of sp³-hybridized carbons (Fsp3) is 0.455. The molecule has 0 unspecified atom stereocenters. The van der Waals surface area contributed by atoms with Crippen LogP contribution in [0, 0.1) is 5.82 Å². The van der Waals surface area contributed by atoms with Crippen LogP contribution in [0.5, 0.6) is 0 Å². The Morgan fingerprint density at radius 2 is 2.38 bits per heavy atom. The van der Waals surface area contributed by atoms with Crippen molar-refractivity contribution < 1.29 is 4.39 Å². The van der Waals surface area contributed by atoms with E-state index in [0.29, 0.717) is 5.92 Å². The van der Waals surface area contributed by atoms with E-state index >= 15 is 0 Å². The lowest BCUT2D eigenvalue weighted by molar-refractivity contribution is 0.523. The first kappa shape index (κ1) is 8.70. The topological polar surface area (TPSA) is 12.0 Å². The molecule has 1 atom stereocenters. The molecule has 1 aliphatic rings. The maximum absolute atomic E-state index is 13.0. The lowest BCUT2D eigenvalue weighted by atomic mass is 9.89. The maximum Gasteiger partial charge on any atom is 0.123 e. The largest absolute Gasteiger partial charge is 0.312 e. The Kier molecular flexibility index (Phi) is 2.32. The number of hydrogen-bond donors (Lipinski definition) is 1. The van der Waals surface area contributed by atoms with Gasteiger partial charge in [0.25, 0.3) is 0 Å². The number of rotatable bonds is 1. The van der Waals surface area contributed by atoms with E-state index in [1.54, 1.807) is 12.1 Å². The van der Waals surface area contributed by atoms with E-state index < -0.39 is 0 Å². The average molecular weight is 179 g/mol. The van der Waals surface area contributed by atoms with Gasteiger partial charge in [-0.2, -0.15) is 0 Å². The lowest BCUT2D eigenvalue weighted by Gasteiger charge is -2.25. The van der Waals surface area contributed by atoms with Gasteiger partial charge in [0, 0.05) is 13.1 Å². The summed E-state index contributed by atoms with van der Waals surface area (Å²) < 4.78 is 13.0. The first-order valence-corrected chi connectivity index (χ1v) is 4.80. The van der Waals surface area contributed by atoms with Crippen molar-refractivity contribution in [2.24, 2.45) is 0 Å². The quantitative estimate of drug-likeness (QED) is 0.698. The van der Waals surface area contributed by atoms with Crippen LogP contribution in [-0.2, 0) is 6.54 Å². The summed E-state index contributed by atoms with van der Waals surface area (Å²) in [5, 5.41) is 3.34. The van der Waals surface area contributed by atoms with Gasteiger partial charge in [-0.15, -0.1) is 0 Å². The van der Waals surface area contributed by atoms with Crippen molar-refractivity contribution in [1.82, 2.24) is 5.32 Å². The second-order valence-corrected chi connectivity index (χ2v) is 3.58. The summed E-state index contributed by atoms with van der Waals surface area (Å²) >= 11 is 0. The van der Waals surface area contributed by atoms with Gasteiger partial charge >= 0.3 is 0 Å². The second kappa shape index (κ2) is 3.46. The summed E-state index contributed by atoms with van der Waals surface area (Å²) in [4.78, 5) is 0. The molecule has 1 aromatic rings. The first-order valence-electron chi connectivity index (χ1n) is 4.80. The fourth-order valence-corrected chi connectivity index (χ4v) is 1.96. The molecule has 0 aromatic heterocycles. The predicted octanol–water partition coefficient (Wildman–Crippen LogP) is 2.42. The van der Waals surface area contributed by atoms with Crippen LogP contribution in [0.4, 0.5) is 4.39 Å². The smallest absolute Gasteiger partial charge is 0.123 e. The molecule has 1 N–H and O–H groups in total. The van der Waals surface area contributed by atoms with E-state index in [4.69, 9.17) is 0 Å². The van der Waals surface area contributed by atoms with Gasteiger partial charge in [0.2, 0.25) is 0 Å². The monoisotopic (exact) mass is 179 g/mol. The third-order valence-electron chi connectivity index (χ3n) is 2.75. The summed E-state index contributed by atoms with van der Waals surface area (Å²) in [6.07, 6.45) is 1.07. The van der Waals surface area contributed by atoms with Crippen LogP contribution in [0.1, 0.15) is 30.4 Å². The molecule has 2 heteroatoms. The van der Waals surface area contributed by atoms with E-state index in [1.165, 1.54) is 11.1 Å². The zero-order valence-corrected chi connectivity index (χ0v) is 7.81. The number of nitrogens with one attached hydrogen (secondary N) is 1. The van der Waals surface area contributed by atoms with Crippen LogP contribution >= 0.6 is 0 Å². The summed E-state index contributed by atoms with van der Waals surface area (Å²) in [6.45, 7) is 4.01. The van der Waals surface area contributed by atoms with Gasteiger partial charge in [-0.25, -0.2) is 4.39 Å². The minimum Gasteiger partial charge on any atom is -0.312 e. The number of hydrogen-bond acceptors (Lipinski definition) is 1. The molecule has 1 heterocycles. The van der Waals surface area contributed by atoms with Gasteiger partial charge in [-0.05, 0) is 35.6 Å². The normalized spacial score (nSPS) is 21.2. The Bertz CT molecular complexity index is 309. The summed E-state index contributed by atoms with van der Waals surface area (Å²) in [7, 11) is 0. The van der Waals surface area contributed by atoms with Crippen LogP contribution in [0.15, 0.2) is 18.2 Å². The van der Waals surface area contributed by atoms with Crippen molar-refractivity contribution in [3.63, 3.8) is 0 Å². The molecular weight excluding hydrogens is 165 g/mol. The van der Waals surface area contributed by atoms with Crippen molar-refractivity contribution >= 4 is 0 Å².